The molecule has 0 saturated carbocycles. The monoisotopic (exact) mass is 218 g/mol. The third-order valence-corrected chi connectivity index (χ3v) is 2.69. The summed E-state index contributed by atoms with van der Waals surface area (Å²) in [5.41, 5.74) is 0. The number of nitrogens with one attached hydrogen (secondary N) is 1. The number of hydrogen-bond acceptors (Lipinski definition) is 3. The van der Waals surface area contributed by atoms with Crippen LogP contribution in [0.15, 0.2) is 0 Å². The molecule has 90 valence electrons. The van der Waals surface area contributed by atoms with Crippen LogP contribution in [0, 0.1) is 0 Å². The maximum atomic E-state index is 12.1. The molecule has 0 spiro atoms. The Balaban J connectivity index is 2.29. The molecule has 0 radical (unpaired) electrons. The van der Waals surface area contributed by atoms with Crippen molar-refractivity contribution in [3.05, 3.63) is 0 Å². The zero-order valence-electron chi connectivity index (χ0n) is 9.84. The first-order valence-electron chi connectivity index (χ1n) is 5.85. The summed E-state index contributed by atoms with van der Waals surface area (Å²) in [5, 5.41) is 3.41. The highest BCUT2D eigenvalue weighted by molar-refractivity contribution is 4.77. The molecule has 1 saturated heterocycles. The molecule has 0 aromatic carbocycles. The number of nitrogens with zero attached hydrogens (tertiary/aromatic N) is 1. The van der Waals surface area contributed by atoms with Crippen LogP contribution in [-0.4, -0.2) is 56.5 Å². The van der Waals surface area contributed by atoms with Gasteiger partial charge in [0.2, 0.25) is 0 Å². The summed E-state index contributed by atoms with van der Waals surface area (Å²) in [4.78, 5) is 2.33. The van der Waals surface area contributed by atoms with E-state index in [-0.39, 0.29) is 6.67 Å². The van der Waals surface area contributed by atoms with Gasteiger partial charge in [-0.2, -0.15) is 0 Å². The first kappa shape index (κ1) is 12.9. The van der Waals surface area contributed by atoms with E-state index < -0.39 is 0 Å². The molecule has 3 nitrogen and oxygen atoms in total. The summed E-state index contributed by atoms with van der Waals surface area (Å²) in [5.74, 6) is 0. The Kier molecular flexibility index (Phi) is 6.13. The molecule has 1 atom stereocenters. The van der Waals surface area contributed by atoms with Crippen molar-refractivity contribution in [1.82, 2.24) is 10.2 Å². The first-order chi connectivity index (χ1) is 7.24. The van der Waals surface area contributed by atoms with Crippen LogP contribution in [0.1, 0.15) is 20.3 Å². The lowest BCUT2D eigenvalue weighted by Gasteiger charge is -2.36. The zero-order valence-corrected chi connectivity index (χ0v) is 9.84. The van der Waals surface area contributed by atoms with Crippen molar-refractivity contribution >= 4 is 0 Å². The lowest BCUT2D eigenvalue weighted by Crippen LogP contribution is -2.51. The lowest BCUT2D eigenvalue weighted by atomic mass is 10.2. The van der Waals surface area contributed by atoms with Gasteiger partial charge in [-0.25, -0.2) is 0 Å². The van der Waals surface area contributed by atoms with Gasteiger partial charge < -0.3 is 10.1 Å². The third-order valence-electron chi connectivity index (χ3n) is 2.69. The fourth-order valence-electron chi connectivity index (χ4n) is 1.81. The van der Waals surface area contributed by atoms with Crippen LogP contribution in [0.4, 0.5) is 4.39 Å². The largest absolute Gasteiger partial charge is 0.378 e. The lowest BCUT2D eigenvalue weighted by molar-refractivity contribution is -0.00833. The molecule has 0 bridgehead atoms. The van der Waals surface area contributed by atoms with Gasteiger partial charge >= 0.3 is 0 Å². The molecule has 1 N–H and O–H groups in total. The van der Waals surface area contributed by atoms with E-state index in [0.29, 0.717) is 18.5 Å². The molecule has 1 fully saturated rings. The smallest absolute Gasteiger partial charge is 0.0906 e. The second-order valence-electron chi connectivity index (χ2n) is 4.37. The van der Waals surface area contributed by atoms with Gasteiger partial charge in [0.15, 0.2) is 0 Å². The van der Waals surface area contributed by atoms with E-state index in [1.54, 1.807) is 0 Å². The van der Waals surface area contributed by atoms with Gasteiger partial charge in [-0.3, -0.25) is 9.29 Å². The summed E-state index contributed by atoms with van der Waals surface area (Å²) in [6, 6.07) is 0.905. The molecule has 15 heavy (non-hydrogen) atoms. The van der Waals surface area contributed by atoms with Crippen molar-refractivity contribution in [2.75, 3.05) is 39.5 Å². The maximum absolute atomic E-state index is 12.1. The van der Waals surface area contributed by atoms with Crippen molar-refractivity contribution < 1.29 is 9.13 Å². The van der Waals surface area contributed by atoms with Crippen LogP contribution < -0.4 is 5.32 Å². The highest BCUT2D eigenvalue weighted by atomic mass is 19.1. The summed E-state index contributed by atoms with van der Waals surface area (Å²) in [6.07, 6.45) is 0.637. The van der Waals surface area contributed by atoms with Crippen LogP contribution in [0.2, 0.25) is 0 Å². The average Bonchev–Trinajstić information content (AvgIpc) is 2.24. The first-order valence-corrected chi connectivity index (χ1v) is 5.85. The molecule has 1 unspecified atom stereocenters. The number of hydrogen-bond donors (Lipinski definition) is 1. The molecule has 1 aliphatic heterocycles. The number of halogens is 1. The Morgan fingerprint density at radius 1 is 1.53 bits per heavy atom. The molecule has 0 aliphatic carbocycles. The Hall–Kier alpha value is -0.190. The molecule has 1 heterocycles. The summed E-state index contributed by atoms with van der Waals surface area (Å²) in [7, 11) is 0. The standard InChI is InChI=1S/C11H23FN2O/c1-10(2)13-8-11-9-15-7-6-14(11)5-3-4-12/h10-11,13H,3-9H2,1-2H3. The summed E-state index contributed by atoms with van der Waals surface area (Å²) in [6.45, 7) is 8.32. The van der Waals surface area contributed by atoms with Crippen molar-refractivity contribution in [3.63, 3.8) is 0 Å². The molecule has 4 heteroatoms. The minimum Gasteiger partial charge on any atom is -0.378 e. The zero-order chi connectivity index (χ0) is 11.1. The van der Waals surface area contributed by atoms with Crippen LogP contribution in [-0.2, 0) is 4.74 Å². The fourth-order valence-corrected chi connectivity index (χ4v) is 1.81. The van der Waals surface area contributed by atoms with E-state index in [1.807, 2.05) is 0 Å². The van der Waals surface area contributed by atoms with Crippen molar-refractivity contribution in [3.8, 4) is 0 Å². The SMILES string of the molecule is CC(C)NCC1COCCN1CCCF. The summed E-state index contributed by atoms with van der Waals surface area (Å²) < 4.78 is 17.6. The normalized spacial score (nSPS) is 23.6. The molecular weight excluding hydrogens is 195 g/mol. The molecule has 0 amide bonds. The molecule has 1 rings (SSSR count). The van der Waals surface area contributed by atoms with Crippen LogP contribution in [0.5, 0.6) is 0 Å². The van der Waals surface area contributed by atoms with Crippen molar-refractivity contribution in [2.24, 2.45) is 0 Å². The minimum absolute atomic E-state index is 0.221. The van der Waals surface area contributed by atoms with Gasteiger partial charge in [0.05, 0.1) is 19.9 Å². The minimum atomic E-state index is -0.221. The van der Waals surface area contributed by atoms with Crippen LogP contribution in [0.25, 0.3) is 0 Å². The predicted molar refractivity (Wildman–Crippen MR) is 59.9 cm³/mol. The van der Waals surface area contributed by atoms with E-state index in [0.717, 1.165) is 32.8 Å². The second-order valence-corrected chi connectivity index (χ2v) is 4.37. The van der Waals surface area contributed by atoms with E-state index >= 15 is 0 Å². The van der Waals surface area contributed by atoms with Gasteiger partial charge in [0, 0.05) is 31.7 Å². The topological polar surface area (TPSA) is 24.5 Å². The average molecular weight is 218 g/mol. The molecule has 0 aromatic heterocycles. The highest BCUT2D eigenvalue weighted by Crippen LogP contribution is 2.07. The van der Waals surface area contributed by atoms with E-state index in [4.69, 9.17) is 4.74 Å². The van der Waals surface area contributed by atoms with Gasteiger partial charge in [-0.15, -0.1) is 0 Å². The van der Waals surface area contributed by atoms with E-state index in [9.17, 15) is 4.39 Å². The van der Waals surface area contributed by atoms with Gasteiger partial charge in [0.1, 0.15) is 0 Å². The maximum Gasteiger partial charge on any atom is 0.0906 e. The summed E-state index contributed by atoms with van der Waals surface area (Å²) >= 11 is 0. The number of morpholine rings is 1. The van der Waals surface area contributed by atoms with Gasteiger partial charge in [0.25, 0.3) is 0 Å². The van der Waals surface area contributed by atoms with E-state index in [1.165, 1.54) is 0 Å². The fraction of sp³-hybridized carbons (Fsp3) is 1.00. The van der Waals surface area contributed by atoms with E-state index in [2.05, 4.69) is 24.1 Å². The highest BCUT2D eigenvalue weighted by Gasteiger charge is 2.22. The predicted octanol–water partition coefficient (Wildman–Crippen LogP) is 1.04. The van der Waals surface area contributed by atoms with Crippen molar-refractivity contribution in [2.45, 2.75) is 32.4 Å². The quantitative estimate of drug-likeness (QED) is 0.721. The van der Waals surface area contributed by atoms with Crippen molar-refractivity contribution in [1.29, 1.82) is 0 Å². The molecular formula is C11H23FN2O. The Morgan fingerprint density at radius 2 is 2.33 bits per heavy atom. The Labute approximate surface area is 92.0 Å². The molecule has 0 aromatic rings. The Morgan fingerprint density at radius 3 is 3.00 bits per heavy atom. The molecule has 1 aliphatic rings. The van der Waals surface area contributed by atoms with Crippen LogP contribution in [0.3, 0.4) is 0 Å². The number of ether oxygens (including phenoxy) is 1. The van der Waals surface area contributed by atoms with Gasteiger partial charge in [-0.05, 0) is 6.42 Å². The number of alkyl halides is 1. The van der Waals surface area contributed by atoms with Gasteiger partial charge in [-0.1, -0.05) is 13.8 Å². The number of rotatable bonds is 6. The van der Waals surface area contributed by atoms with Crippen LogP contribution >= 0.6 is 0 Å². The third kappa shape index (κ3) is 4.91. The Bertz CT molecular complexity index is 167. The second kappa shape index (κ2) is 7.14.